The number of fused-ring (bicyclic) bond motifs is 1. The Morgan fingerprint density at radius 2 is 1.91 bits per heavy atom. The molecule has 2 aromatic rings. The Labute approximate surface area is 138 Å². The Kier molecular flexibility index (Phi) is 4.40. The van der Waals surface area contributed by atoms with E-state index in [0.717, 1.165) is 36.7 Å². The van der Waals surface area contributed by atoms with Crippen molar-refractivity contribution in [2.24, 2.45) is 5.92 Å². The Bertz CT molecular complexity index is 715. The average molecular weight is 311 g/mol. The van der Waals surface area contributed by atoms with E-state index in [1.54, 1.807) is 0 Å². The van der Waals surface area contributed by atoms with Crippen molar-refractivity contribution in [1.29, 1.82) is 0 Å². The third kappa shape index (κ3) is 3.40. The molecule has 0 saturated carbocycles. The molecule has 0 spiro atoms. The highest BCUT2D eigenvalue weighted by molar-refractivity contribution is 6.04. The van der Waals surface area contributed by atoms with Gasteiger partial charge in [0.2, 0.25) is 0 Å². The van der Waals surface area contributed by atoms with Gasteiger partial charge in [-0.15, -0.1) is 0 Å². The molecule has 0 aliphatic carbocycles. The maximum absolute atomic E-state index is 12.8. The first-order chi connectivity index (χ1) is 11.0. The number of benzene rings is 2. The van der Waals surface area contributed by atoms with Crippen LogP contribution in [0, 0.1) is 12.8 Å². The number of carbonyl (C=O) groups excluding carboxylic acids is 1. The van der Waals surface area contributed by atoms with Crippen LogP contribution in [0.25, 0.3) is 10.8 Å². The molecule has 1 N–H and O–H groups in total. The Morgan fingerprint density at radius 3 is 2.65 bits per heavy atom. The standard InChI is InChI=1S/C20H25NO2/c1-14-7-8-17-15(13-14)5-4-6-18(17)19(22)23-20(2,3)16-9-11-21-12-10-16/h4-8,13,16,21H,9-12H2,1-3H3. The van der Waals surface area contributed by atoms with Gasteiger partial charge in [0, 0.05) is 5.92 Å². The molecular weight excluding hydrogens is 286 g/mol. The number of rotatable bonds is 3. The van der Waals surface area contributed by atoms with Gasteiger partial charge in [-0.2, -0.15) is 0 Å². The summed E-state index contributed by atoms with van der Waals surface area (Å²) in [4.78, 5) is 12.8. The van der Waals surface area contributed by atoms with Crippen molar-refractivity contribution in [3.63, 3.8) is 0 Å². The number of nitrogens with one attached hydrogen (secondary N) is 1. The van der Waals surface area contributed by atoms with Crippen molar-refractivity contribution in [2.45, 2.75) is 39.2 Å². The van der Waals surface area contributed by atoms with Gasteiger partial charge >= 0.3 is 5.97 Å². The zero-order valence-corrected chi connectivity index (χ0v) is 14.2. The Balaban J connectivity index is 1.85. The van der Waals surface area contributed by atoms with Gasteiger partial charge in [-0.05, 0) is 63.5 Å². The molecule has 122 valence electrons. The van der Waals surface area contributed by atoms with E-state index in [-0.39, 0.29) is 5.97 Å². The fraction of sp³-hybridized carbons (Fsp3) is 0.450. The van der Waals surface area contributed by atoms with Crippen molar-refractivity contribution in [3.05, 3.63) is 47.5 Å². The SMILES string of the molecule is Cc1ccc2c(C(=O)OC(C)(C)C3CCNCC3)cccc2c1. The van der Waals surface area contributed by atoms with Crippen LogP contribution in [0.1, 0.15) is 42.6 Å². The van der Waals surface area contributed by atoms with Crippen molar-refractivity contribution in [3.8, 4) is 0 Å². The summed E-state index contributed by atoms with van der Waals surface area (Å²) in [7, 11) is 0. The summed E-state index contributed by atoms with van der Waals surface area (Å²) in [6, 6.07) is 12.0. The minimum absolute atomic E-state index is 0.219. The second-order valence-corrected chi connectivity index (χ2v) is 7.05. The lowest BCUT2D eigenvalue weighted by molar-refractivity contribution is -0.0366. The smallest absolute Gasteiger partial charge is 0.339 e. The van der Waals surface area contributed by atoms with Gasteiger partial charge in [-0.25, -0.2) is 4.79 Å². The van der Waals surface area contributed by atoms with Crippen LogP contribution in [-0.2, 0) is 4.74 Å². The average Bonchev–Trinajstić information content (AvgIpc) is 2.54. The Morgan fingerprint density at radius 1 is 1.17 bits per heavy atom. The van der Waals surface area contributed by atoms with E-state index >= 15 is 0 Å². The molecule has 23 heavy (non-hydrogen) atoms. The first kappa shape index (κ1) is 16.0. The third-order valence-corrected chi connectivity index (χ3v) is 4.93. The molecule has 0 amide bonds. The minimum atomic E-state index is -0.438. The van der Waals surface area contributed by atoms with E-state index in [2.05, 4.69) is 18.3 Å². The quantitative estimate of drug-likeness (QED) is 0.868. The highest BCUT2D eigenvalue weighted by atomic mass is 16.6. The second kappa shape index (κ2) is 6.32. The van der Waals surface area contributed by atoms with E-state index in [9.17, 15) is 4.79 Å². The lowest BCUT2D eigenvalue weighted by Crippen LogP contribution is -2.42. The van der Waals surface area contributed by atoms with Crippen LogP contribution in [0.4, 0.5) is 0 Å². The lowest BCUT2D eigenvalue weighted by atomic mass is 9.83. The largest absolute Gasteiger partial charge is 0.456 e. The monoisotopic (exact) mass is 311 g/mol. The molecule has 0 aromatic heterocycles. The molecule has 1 aliphatic heterocycles. The number of aryl methyl sites for hydroxylation is 1. The first-order valence-electron chi connectivity index (χ1n) is 8.41. The van der Waals surface area contributed by atoms with Crippen molar-refractivity contribution in [2.75, 3.05) is 13.1 Å². The predicted molar refractivity (Wildman–Crippen MR) is 93.8 cm³/mol. The van der Waals surface area contributed by atoms with Crippen LogP contribution >= 0.6 is 0 Å². The first-order valence-corrected chi connectivity index (χ1v) is 8.41. The molecule has 2 aromatic carbocycles. The van der Waals surface area contributed by atoms with Crippen molar-refractivity contribution in [1.82, 2.24) is 5.32 Å². The topological polar surface area (TPSA) is 38.3 Å². The zero-order chi connectivity index (χ0) is 16.4. The van der Waals surface area contributed by atoms with E-state index in [1.807, 2.05) is 44.2 Å². The molecule has 1 fully saturated rings. The summed E-state index contributed by atoms with van der Waals surface area (Å²) < 4.78 is 5.94. The molecule has 0 bridgehead atoms. The van der Waals surface area contributed by atoms with Gasteiger partial charge in [0.25, 0.3) is 0 Å². The molecule has 0 atom stereocenters. The number of ether oxygens (including phenoxy) is 1. The summed E-state index contributed by atoms with van der Waals surface area (Å²) in [5, 5.41) is 5.41. The van der Waals surface area contributed by atoms with E-state index in [4.69, 9.17) is 4.74 Å². The highest BCUT2D eigenvalue weighted by Gasteiger charge is 2.34. The van der Waals surface area contributed by atoms with Crippen LogP contribution in [0.5, 0.6) is 0 Å². The van der Waals surface area contributed by atoms with Gasteiger partial charge in [-0.1, -0.05) is 35.9 Å². The van der Waals surface area contributed by atoms with Crippen LogP contribution in [0.3, 0.4) is 0 Å². The molecule has 3 heteroatoms. The van der Waals surface area contributed by atoms with Crippen LogP contribution in [0.2, 0.25) is 0 Å². The van der Waals surface area contributed by atoms with Crippen LogP contribution in [-0.4, -0.2) is 24.7 Å². The van der Waals surface area contributed by atoms with Gasteiger partial charge in [0.1, 0.15) is 5.60 Å². The van der Waals surface area contributed by atoms with E-state index in [0.29, 0.717) is 11.5 Å². The lowest BCUT2D eigenvalue weighted by Gasteiger charge is -2.36. The number of carbonyl (C=O) groups is 1. The molecule has 3 rings (SSSR count). The fourth-order valence-electron chi connectivity index (χ4n) is 3.48. The summed E-state index contributed by atoms with van der Waals surface area (Å²) in [6.45, 7) is 8.13. The summed E-state index contributed by atoms with van der Waals surface area (Å²) >= 11 is 0. The van der Waals surface area contributed by atoms with Crippen molar-refractivity contribution < 1.29 is 9.53 Å². The third-order valence-electron chi connectivity index (χ3n) is 4.93. The van der Waals surface area contributed by atoms with Gasteiger partial charge in [0.05, 0.1) is 5.56 Å². The van der Waals surface area contributed by atoms with Crippen LogP contribution < -0.4 is 5.32 Å². The number of piperidine rings is 1. The molecule has 1 aliphatic rings. The molecular formula is C20H25NO2. The van der Waals surface area contributed by atoms with Gasteiger partial charge in [0.15, 0.2) is 0 Å². The predicted octanol–water partition coefficient (Wildman–Crippen LogP) is 4.08. The minimum Gasteiger partial charge on any atom is -0.456 e. The van der Waals surface area contributed by atoms with Gasteiger partial charge in [-0.3, -0.25) is 0 Å². The van der Waals surface area contributed by atoms with Crippen LogP contribution in [0.15, 0.2) is 36.4 Å². The Hall–Kier alpha value is -1.87. The maximum atomic E-state index is 12.8. The zero-order valence-electron chi connectivity index (χ0n) is 14.2. The number of hydrogen-bond donors (Lipinski definition) is 1. The summed E-state index contributed by atoms with van der Waals surface area (Å²) in [5.74, 6) is 0.188. The van der Waals surface area contributed by atoms with E-state index < -0.39 is 5.60 Å². The molecule has 1 heterocycles. The number of esters is 1. The maximum Gasteiger partial charge on any atom is 0.339 e. The summed E-state index contributed by atoms with van der Waals surface area (Å²) in [5.41, 5.74) is 1.41. The van der Waals surface area contributed by atoms with Crippen molar-refractivity contribution >= 4 is 16.7 Å². The molecule has 0 unspecified atom stereocenters. The molecule has 1 saturated heterocycles. The van der Waals surface area contributed by atoms with E-state index in [1.165, 1.54) is 5.56 Å². The highest BCUT2D eigenvalue weighted by Crippen LogP contribution is 2.31. The summed E-state index contributed by atoms with van der Waals surface area (Å²) in [6.07, 6.45) is 2.10. The normalized spacial score (nSPS) is 16.5. The van der Waals surface area contributed by atoms with Gasteiger partial charge < -0.3 is 10.1 Å². The molecule has 0 radical (unpaired) electrons. The fourth-order valence-corrected chi connectivity index (χ4v) is 3.48. The molecule has 3 nitrogen and oxygen atoms in total. The number of hydrogen-bond acceptors (Lipinski definition) is 3. The second-order valence-electron chi connectivity index (χ2n) is 7.05.